The number of hydrogen-bond donors (Lipinski definition) is 0. The first-order valence-electron chi connectivity index (χ1n) is 1.58. The third-order valence-corrected chi connectivity index (χ3v) is 1.22. The second-order valence-corrected chi connectivity index (χ2v) is 1.87. The molecule has 2 heteroatoms. The Morgan fingerprint density at radius 1 is 1.60 bits per heavy atom. The molecule has 1 aliphatic carbocycles. The van der Waals surface area contributed by atoms with Crippen LogP contribution >= 0.6 is 0 Å². The van der Waals surface area contributed by atoms with E-state index in [2.05, 4.69) is 0 Å². The van der Waals surface area contributed by atoms with Gasteiger partial charge >= 0.3 is 0 Å². The van der Waals surface area contributed by atoms with E-state index in [1.165, 1.54) is 0 Å². The molecular formula is C3H4OS. The number of rotatable bonds is 0. The van der Waals surface area contributed by atoms with Crippen molar-refractivity contribution in [1.82, 2.24) is 0 Å². The van der Waals surface area contributed by atoms with Crippen LogP contribution in [-0.2, 0) is 11.3 Å². The second kappa shape index (κ2) is 0.937. The molecule has 0 heterocycles. The predicted octanol–water partition coefficient (Wildman–Crippen LogP) is 0.166. The average Bonchev–Trinajstić information content (AvgIpc) is 2.12. The minimum Gasteiger partial charge on any atom is -0.212 e. The third kappa shape index (κ3) is 0.581. The molecule has 1 aliphatic rings. The van der Waals surface area contributed by atoms with Crippen LogP contribution in [0.5, 0.6) is 0 Å². The van der Waals surface area contributed by atoms with Crippen molar-refractivity contribution in [3.8, 4) is 0 Å². The second-order valence-electron chi connectivity index (χ2n) is 1.12. The Hall–Kier alpha value is -0.110. The van der Waals surface area contributed by atoms with Crippen molar-refractivity contribution in [2.24, 2.45) is 0 Å². The summed E-state index contributed by atoms with van der Waals surface area (Å²) in [5, 5.41) is 0. The Balaban J connectivity index is 2.80. The van der Waals surface area contributed by atoms with Gasteiger partial charge in [-0.2, -0.15) is 0 Å². The summed E-state index contributed by atoms with van der Waals surface area (Å²) >= 11 is 0.657. The van der Waals surface area contributed by atoms with Crippen molar-refractivity contribution >= 4 is 16.1 Å². The first kappa shape index (κ1) is 3.09. The maximum Gasteiger partial charge on any atom is 0.0876 e. The first-order valence-corrected chi connectivity index (χ1v) is 2.32. The first-order chi connectivity index (χ1) is 2.43. The van der Waals surface area contributed by atoms with Crippen LogP contribution < -0.4 is 0 Å². The summed E-state index contributed by atoms with van der Waals surface area (Å²) in [6, 6.07) is 0. The van der Waals surface area contributed by atoms with Gasteiger partial charge in [0, 0.05) is 4.86 Å². The van der Waals surface area contributed by atoms with Crippen molar-refractivity contribution in [1.29, 1.82) is 0 Å². The fourth-order valence-corrected chi connectivity index (χ4v) is 0.403. The molecule has 0 aromatic heterocycles. The summed E-state index contributed by atoms with van der Waals surface area (Å²) in [7, 11) is 0. The molecule has 0 N–H and O–H groups in total. The molecule has 1 nitrogen and oxygen atoms in total. The molecule has 0 aromatic carbocycles. The van der Waals surface area contributed by atoms with Gasteiger partial charge < -0.3 is 0 Å². The van der Waals surface area contributed by atoms with Crippen molar-refractivity contribution in [3.05, 3.63) is 0 Å². The van der Waals surface area contributed by atoms with Gasteiger partial charge in [-0.1, -0.05) is 0 Å². The smallest absolute Gasteiger partial charge is 0.0876 e. The Bertz CT molecular complexity index is 85.1. The van der Waals surface area contributed by atoms with Crippen LogP contribution in [-0.4, -0.2) is 9.07 Å². The molecule has 0 spiro atoms. The van der Waals surface area contributed by atoms with E-state index in [4.69, 9.17) is 0 Å². The highest BCUT2D eigenvalue weighted by Gasteiger charge is 2.10. The normalized spacial score (nSPS) is 18.8. The highest BCUT2D eigenvalue weighted by molar-refractivity contribution is 7.67. The molecule has 0 saturated heterocycles. The maximum atomic E-state index is 9.57. The van der Waals surface area contributed by atoms with Gasteiger partial charge in [0.2, 0.25) is 0 Å². The topological polar surface area (TPSA) is 17.1 Å². The van der Waals surface area contributed by atoms with Gasteiger partial charge in [0.05, 0.1) is 11.3 Å². The van der Waals surface area contributed by atoms with E-state index in [-0.39, 0.29) is 0 Å². The largest absolute Gasteiger partial charge is 0.212 e. The number of hydrogen-bond acceptors (Lipinski definition) is 1. The lowest BCUT2D eigenvalue weighted by Gasteiger charge is -1.34. The van der Waals surface area contributed by atoms with E-state index in [0.717, 1.165) is 17.7 Å². The predicted molar refractivity (Wildman–Crippen MR) is 22.4 cm³/mol. The van der Waals surface area contributed by atoms with Crippen LogP contribution in [0.2, 0.25) is 0 Å². The SMILES string of the molecule is O=S=C1CC1. The zero-order valence-corrected chi connectivity index (χ0v) is 3.55. The van der Waals surface area contributed by atoms with Gasteiger partial charge in [-0.3, -0.25) is 0 Å². The van der Waals surface area contributed by atoms with Crippen molar-refractivity contribution in [3.63, 3.8) is 0 Å². The summed E-state index contributed by atoms with van der Waals surface area (Å²) in [6.45, 7) is 0. The molecular weight excluding hydrogens is 84.1 g/mol. The van der Waals surface area contributed by atoms with E-state index in [1.807, 2.05) is 0 Å². The molecule has 1 rings (SSSR count). The Morgan fingerprint density at radius 3 is 2.20 bits per heavy atom. The summed E-state index contributed by atoms with van der Waals surface area (Å²) in [5.74, 6) is 0. The standard InChI is InChI=1S/C3H4OS/c4-5-3-1-2-3/h1-2H2. The van der Waals surface area contributed by atoms with Gasteiger partial charge in [-0.25, -0.2) is 4.21 Å². The minimum atomic E-state index is 0.657. The summed E-state index contributed by atoms with van der Waals surface area (Å²) in [5.41, 5.74) is 0. The van der Waals surface area contributed by atoms with E-state index >= 15 is 0 Å². The van der Waals surface area contributed by atoms with Crippen molar-refractivity contribution in [2.75, 3.05) is 0 Å². The van der Waals surface area contributed by atoms with Gasteiger partial charge in [0.15, 0.2) is 0 Å². The zero-order chi connectivity index (χ0) is 3.70. The van der Waals surface area contributed by atoms with Crippen molar-refractivity contribution in [2.45, 2.75) is 12.8 Å². The molecule has 0 unspecified atom stereocenters. The Labute approximate surface area is 34.1 Å². The van der Waals surface area contributed by atoms with Crippen LogP contribution in [0.3, 0.4) is 0 Å². The molecule has 5 heavy (non-hydrogen) atoms. The Kier molecular flexibility index (Phi) is 0.580. The fraction of sp³-hybridized carbons (Fsp3) is 0.667. The Morgan fingerprint density at radius 2 is 2.20 bits per heavy atom. The van der Waals surface area contributed by atoms with Crippen molar-refractivity contribution < 1.29 is 4.21 Å². The third-order valence-electron chi connectivity index (χ3n) is 0.572. The molecule has 0 radical (unpaired) electrons. The van der Waals surface area contributed by atoms with Crippen LogP contribution in [0.4, 0.5) is 0 Å². The van der Waals surface area contributed by atoms with E-state index in [1.54, 1.807) is 0 Å². The maximum absolute atomic E-state index is 9.57. The molecule has 1 fully saturated rings. The van der Waals surface area contributed by atoms with Gasteiger partial charge in [-0.05, 0) is 12.8 Å². The summed E-state index contributed by atoms with van der Waals surface area (Å²) in [4.78, 5) is 1.12. The summed E-state index contributed by atoms with van der Waals surface area (Å²) < 4.78 is 9.57. The van der Waals surface area contributed by atoms with Crippen LogP contribution in [0.25, 0.3) is 0 Å². The van der Waals surface area contributed by atoms with Gasteiger partial charge in [0.1, 0.15) is 0 Å². The zero-order valence-electron chi connectivity index (χ0n) is 2.73. The summed E-state index contributed by atoms with van der Waals surface area (Å²) in [6.07, 6.45) is 2.16. The molecule has 0 aliphatic heterocycles. The highest BCUT2D eigenvalue weighted by atomic mass is 32.1. The van der Waals surface area contributed by atoms with Crippen LogP contribution in [0.1, 0.15) is 12.8 Å². The quantitative estimate of drug-likeness (QED) is 0.386. The van der Waals surface area contributed by atoms with Crippen LogP contribution in [0, 0.1) is 0 Å². The lowest BCUT2D eigenvalue weighted by atomic mass is 11.0. The molecule has 0 amide bonds. The highest BCUT2D eigenvalue weighted by Crippen LogP contribution is 2.09. The molecule has 0 atom stereocenters. The van der Waals surface area contributed by atoms with E-state index in [0.29, 0.717) is 11.3 Å². The lowest BCUT2D eigenvalue weighted by Crippen LogP contribution is -1.50. The molecule has 0 bridgehead atoms. The molecule has 28 valence electrons. The van der Waals surface area contributed by atoms with E-state index < -0.39 is 0 Å². The monoisotopic (exact) mass is 88.0 g/mol. The molecule has 1 saturated carbocycles. The van der Waals surface area contributed by atoms with Crippen LogP contribution in [0.15, 0.2) is 0 Å². The lowest BCUT2D eigenvalue weighted by molar-refractivity contribution is 0.701. The van der Waals surface area contributed by atoms with E-state index in [9.17, 15) is 4.21 Å². The minimum absolute atomic E-state index is 0.657. The fourth-order valence-electron chi connectivity index (χ4n) is 0.134. The van der Waals surface area contributed by atoms with Gasteiger partial charge in [0.25, 0.3) is 0 Å². The molecule has 0 aromatic rings. The average molecular weight is 88.1 g/mol. The van der Waals surface area contributed by atoms with Gasteiger partial charge in [-0.15, -0.1) is 0 Å².